The first-order chi connectivity index (χ1) is 12.8. The fourth-order valence-electron chi connectivity index (χ4n) is 3.26. The fourth-order valence-corrected chi connectivity index (χ4v) is 4.16. The van der Waals surface area contributed by atoms with Gasteiger partial charge in [0.15, 0.2) is 5.96 Å². The van der Waals surface area contributed by atoms with Gasteiger partial charge in [-0.15, -0.1) is 0 Å². The number of hydrogen-bond acceptors (Lipinski definition) is 3. The lowest BCUT2D eigenvalue weighted by atomic mass is 10.1. The lowest BCUT2D eigenvalue weighted by molar-refractivity contribution is 0.479. The molecular formula is C21H36N4OS. The van der Waals surface area contributed by atoms with Crippen LogP contribution in [0.15, 0.2) is 29.3 Å². The first-order valence-electron chi connectivity index (χ1n) is 9.95. The number of nitrogens with zero attached hydrogens (tertiary/aromatic N) is 3. The molecule has 1 aliphatic heterocycles. The van der Waals surface area contributed by atoms with Crippen LogP contribution in [0.2, 0.25) is 0 Å². The van der Waals surface area contributed by atoms with Crippen LogP contribution in [-0.2, 0) is 17.3 Å². The van der Waals surface area contributed by atoms with E-state index in [-0.39, 0.29) is 4.75 Å². The van der Waals surface area contributed by atoms with E-state index in [1.807, 2.05) is 27.8 Å². The van der Waals surface area contributed by atoms with Crippen LogP contribution in [0.25, 0.3) is 0 Å². The molecule has 1 fully saturated rings. The first kappa shape index (κ1) is 21.7. The molecule has 0 spiro atoms. The minimum atomic E-state index is -0.853. The van der Waals surface area contributed by atoms with Crippen molar-refractivity contribution in [1.82, 2.24) is 10.2 Å². The van der Waals surface area contributed by atoms with Crippen molar-refractivity contribution in [2.24, 2.45) is 4.99 Å². The Labute approximate surface area is 167 Å². The Morgan fingerprint density at radius 3 is 2.37 bits per heavy atom. The van der Waals surface area contributed by atoms with Gasteiger partial charge in [0.1, 0.15) is 0 Å². The van der Waals surface area contributed by atoms with E-state index in [2.05, 4.69) is 44.4 Å². The standard InChI is InChI=1S/C21H36N4OS/c1-21(2,3)27(26)16-13-23-20(22-4)24(5)17-18-9-11-19(12-10-18)25-14-7-6-8-15-25/h9-12H,6-8,13-17H2,1-5H3,(H,22,23). The summed E-state index contributed by atoms with van der Waals surface area (Å²) in [5, 5.41) is 3.33. The van der Waals surface area contributed by atoms with Gasteiger partial charge in [-0.2, -0.15) is 0 Å². The van der Waals surface area contributed by atoms with E-state index < -0.39 is 10.8 Å². The molecule has 1 saturated heterocycles. The molecular weight excluding hydrogens is 356 g/mol. The fraction of sp³-hybridized carbons (Fsp3) is 0.667. The van der Waals surface area contributed by atoms with Crippen molar-refractivity contribution >= 4 is 22.4 Å². The average molecular weight is 393 g/mol. The first-order valence-corrected chi connectivity index (χ1v) is 11.3. The van der Waals surface area contributed by atoms with Gasteiger partial charge >= 0.3 is 0 Å². The molecule has 0 amide bonds. The number of hydrogen-bond donors (Lipinski definition) is 1. The topological polar surface area (TPSA) is 47.9 Å². The highest BCUT2D eigenvalue weighted by Gasteiger charge is 2.19. The highest BCUT2D eigenvalue weighted by molar-refractivity contribution is 7.86. The Kier molecular flexibility index (Phi) is 8.14. The zero-order chi connectivity index (χ0) is 19.9. The largest absolute Gasteiger partial charge is 0.372 e. The number of rotatable bonds is 6. The molecule has 1 aromatic carbocycles. The smallest absolute Gasteiger partial charge is 0.193 e. The lowest BCUT2D eigenvalue weighted by Crippen LogP contribution is -2.41. The van der Waals surface area contributed by atoms with Crippen molar-refractivity contribution in [3.63, 3.8) is 0 Å². The van der Waals surface area contributed by atoms with E-state index in [0.717, 1.165) is 12.5 Å². The Morgan fingerprint density at radius 1 is 1.19 bits per heavy atom. The Balaban J connectivity index is 1.85. The molecule has 1 unspecified atom stereocenters. The summed E-state index contributed by atoms with van der Waals surface area (Å²) < 4.78 is 12.0. The normalized spacial score (nSPS) is 16.9. The van der Waals surface area contributed by atoms with Crippen LogP contribution in [0.5, 0.6) is 0 Å². The van der Waals surface area contributed by atoms with Crippen LogP contribution in [0.4, 0.5) is 5.69 Å². The van der Waals surface area contributed by atoms with Crippen molar-refractivity contribution in [2.75, 3.05) is 44.4 Å². The van der Waals surface area contributed by atoms with Crippen molar-refractivity contribution in [1.29, 1.82) is 0 Å². The van der Waals surface area contributed by atoms with Gasteiger partial charge in [0.25, 0.3) is 0 Å². The molecule has 2 rings (SSSR count). The second-order valence-electron chi connectivity index (χ2n) is 8.21. The predicted octanol–water partition coefficient (Wildman–Crippen LogP) is 3.23. The summed E-state index contributed by atoms with van der Waals surface area (Å²) in [6.45, 7) is 9.83. The molecule has 0 aliphatic carbocycles. The van der Waals surface area contributed by atoms with E-state index in [4.69, 9.17) is 0 Å². The van der Waals surface area contributed by atoms with Crippen LogP contribution in [0.3, 0.4) is 0 Å². The SMILES string of the molecule is CN=C(NCCS(=O)C(C)(C)C)N(C)Cc1ccc(N2CCCCC2)cc1. The minimum absolute atomic E-state index is 0.173. The summed E-state index contributed by atoms with van der Waals surface area (Å²) in [4.78, 5) is 8.94. The molecule has 152 valence electrons. The van der Waals surface area contributed by atoms with Crippen molar-refractivity contribution in [2.45, 2.75) is 51.3 Å². The number of guanidine groups is 1. The van der Waals surface area contributed by atoms with Gasteiger partial charge in [0.2, 0.25) is 0 Å². The molecule has 1 N–H and O–H groups in total. The zero-order valence-electron chi connectivity index (χ0n) is 17.6. The highest BCUT2D eigenvalue weighted by Crippen LogP contribution is 2.20. The van der Waals surface area contributed by atoms with E-state index in [9.17, 15) is 4.21 Å². The summed E-state index contributed by atoms with van der Waals surface area (Å²) in [6.07, 6.45) is 3.95. The maximum Gasteiger partial charge on any atom is 0.193 e. The summed E-state index contributed by atoms with van der Waals surface area (Å²) in [5.74, 6) is 1.46. The molecule has 6 heteroatoms. The predicted molar refractivity (Wildman–Crippen MR) is 118 cm³/mol. The maximum absolute atomic E-state index is 12.2. The summed E-state index contributed by atoms with van der Waals surface area (Å²) >= 11 is 0. The zero-order valence-corrected chi connectivity index (χ0v) is 18.4. The lowest BCUT2D eigenvalue weighted by Gasteiger charge is -2.29. The second kappa shape index (κ2) is 10.1. The molecule has 0 radical (unpaired) electrons. The molecule has 1 atom stereocenters. The highest BCUT2D eigenvalue weighted by atomic mass is 32.2. The van der Waals surface area contributed by atoms with E-state index in [0.29, 0.717) is 12.3 Å². The van der Waals surface area contributed by atoms with Crippen LogP contribution < -0.4 is 10.2 Å². The van der Waals surface area contributed by atoms with Crippen LogP contribution >= 0.6 is 0 Å². The second-order valence-corrected chi connectivity index (χ2v) is 10.5. The molecule has 5 nitrogen and oxygen atoms in total. The number of aliphatic imine (C=N–C) groups is 1. The number of nitrogens with one attached hydrogen (secondary N) is 1. The summed E-state index contributed by atoms with van der Waals surface area (Å²) in [5.41, 5.74) is 2.59. The molecule has 0 aromatic heterocycles. The summed E-state index contributed by atoms with van der Waals surface area (Å²) in [7, 11) is 2.97. The molecule has 0 saturated carbocycles. The van der Waals surface area contributed by atoms with Crippen molar-refractivity contribution in [3.05, 3.63) is 29.8 Å². The Bertz CT molecular complexity index is 631. The maximum atomic E-state index is 12.2. The van der Waals surface area contributed by atoms with Gasteiger partial charge in [0, 0.05) is 67.3 Å². The van der Waals surface area contributed by atoms with Gasteiger partial charge in [-0.25, -0.2) is 0 Å². The van der Waals surface area contributed by atoms with E-state index >= 15 is 0 Å². The van der Waals surface area contributed by atoms with Crippen LogP contribution in [0.1, 0.15) is 45.6 Å². The van der Waals surface area contributed by atoms with E-state index in [1.165, 1.54) is 43.6 Å². The molecule has 0 bridgehead atoms. The third kappa shape index (κ3) is 6.83. The number of piperidine rings is 1. The number of anilines is 1. The summed E-state index contributed by atoms with van der Waals surface area (Å²) in [6, 6.07) is 8.89. The third-order valence-corrected chi connectivity index (χ3v) is 6.85. The van der Waals surface area contributed by atoms with Gasteiger partial charge in [-0.1, -0.05) is 12.1 Å². The molecule has 1 aliphatic rings. The minimum Gasteiger partial charge on any atom is -0.372 e. The average Bonchev–Trinajstić information content (AvgIpc) is 2.65. The van der Waals surface area contributed by atoms with Gasteiger partial charge < -0.3 is 15.1 Å². The van der Waals surface area contributed by atoms with E-state index in [1.54, 1.807) is 7.05 Å². The van der Waals surface area contributed by atoms with Crippen molar-refractivity contribution in [3.8, 4) is 0 Å². The van der Waals surface area contributed by atoms with Crippen molar-refractivity contribution < 1.29 is 4.21 Å². The van der Waals surface area contributed by atoms with Gasteiger partial charge in [-0.05, 0) is 57.7 Å². The molecule has 27 heavy (non-hydrogen) atoms. The number of benzene rings is 1. The molecule has 1 heterocycles. The van der Waals surface area contributed by atoms with Crippen LogP contribution in [0, 0.1) is 0 Å². The van der Waals surface area contributed by atoms with Gasteiger partial charge in [-0.3, -0.25) is 9.20 Å². The Hall–Kier alpha value is -1.56. The third-order valence-electron chi connectivity index (χ3n) is 4.90. The van der Waals surface area contributed by atoms with Gasteiger partial charge in [0.05, 0.1) is 0 Å². The molecule has 1 aromatic rings. The Morgan fingerprint density at radius 2 is 1.81 bits per heavy atom. The monoisotopic (exact) mass is 392 g/mol. The van der Waals surface area contributed by atoms with Crippen LogP contribution in [-0.4, -0.2) is 59.3 Å². The quantitative estimate of drug-likeness (QED) is 0.596.